The summed E-state index contributed by atoms with van der Waals surface area (Å²) < 4.78 is 0. The van der Waals surface area contributed by atoms with Crippen molar-refractivity contribution >= 4 is 23.1 Å². The molecule has 1 aliphatic rings. The van der Waals surface area contributed by atoms with E-state index < -0.39 is 4.92 Å². The molecule has 0 saturated heterocycles. The number of nitro benzene ring substituents is 1. The van der Waals surface area contributed by atoms with Crippen LogP contribution in [0.15, 0.2) is 23.1 Å². The number of thioether (sulfide) groups is 1. The van der Waals surface area contributed by atoms with Gasteiger partial charge in [0.25, 0.3) is 5.69 Å². The van der Waals surface area contributed by atoms with E-state index in [1.54, 1.807) is 17.8 Å². The van der Waals surface area contributed by atoms with Gasteiger partial charge in [0.05, 0.1) is 10.6 Å². The van der Waals surface area contributed by atoms with Crippen molar-refractivity contribution in [2.24, 2.45) is 0 Å². The van der Waals surface area contributed by atoms with Gasteiger partial charge in [-0.1, -0.05) is 19.3 Å². The normalized spacial score (nSPS) is 16.9. The van der Waals surface area contributed by atoms with Crippen molar-refractivity contribution in [1.82, 2.24) is 0 Å². The Bertz CT molecular complexity index is 417. The van der Waals surface area contributed by atoms with E-state index >= 15 is 0 Å². The van der Waals surface area contributed by atoms with E-state index in [1.807, 2.05) is 0 Å². The number of nitrogen functional groups attached to an aromatic ring is 1. The fraction of sp³-hybridized carbons (Fsp3) is 0.500. The summed E-state index contributed by atoms with van der Waals surface area (Å²) in [6.07, 6.45) is 6.34. The van der Waals surface area contributed by atoms with Crippen LogP contribution in [0.4, 0.5) is 11.4 Å². The first kappa shape index (κ1) is 12.2. The molecule has 5 heteroatoms. The van der Waals surface area contributed by atoms with Gasteiger partial charge in [-0.25, -0.2) is 0 Å². The van der Waals surface area contributed by atoms with E-state index in [0.717, 1.165) is 4.90 Å². The molecular weight excluding hydrogens is 236 g/mol. The van der Waals surface area contributed by atoms with Crippen LogP contribution in [0.5, 0.6) is 0 Å². The monoisotopic (exact) mass is 252 g/mol. The molecule has 2 rings (SSSR count). The maximum absolute atomic E-state index is 10.6. The highest BCUT2D eigenvalue weighted by atomic mass is 32.2. The molecule has 0 radical (unpaired) electrons. The topological polar surface area (TPSA) is 69.2 Å². The lowest BCUT2D eigenvalue weighted by molar-refractivity contribution is -0.384. The van der Waals surface area contributed by atoms with Crippen molar-refractivity contribution in [1.29, 1.82) is 0 Å². The molecule has 1 fully saturated rings. The predicted octanol–water partition coefficient (Wildman–Crippen LogP) is 3.60. The molecule has 0 bridgehead atoms. The predicted molar refractivity (Wildman–Crippen MR) is 70.2 cm³/mol. The second-order valence-corrected chi connectivity index (χ2v) is 5.70. The minimum atomic E-state index is -0.411. The van der Waals surface area contributed by atoms with Crippen LogP contribution in [0.25, 0.3) is 0 Å². The molecule has 0 unspecified atom stereocenters. The van der Waals surface area contributed by atoms with Gasteiger partial charge in [-0.15, -0.1) is 11.8 Å². The quantitative estimate of drug-likeness (QED) is 0.507. The van der Waals surface area contributed by atoms with Crippen molar-refractivity contribution in [2.75, 3.05) is 5.73 Å². The number of rotatable bonds is 3. The maximum Gasteiger partial charge on any atom is 0.271 e. The highest BCUT2D eigenvalue weighted by Crippen LogP contribution is 2.37. The standard InChI is InChI=1S/C12H16N2O2S/c13-11-8-9(14(15)16)6-7-12(11)17-10-4-2-1-3-5-10/h6-8,10H,1-5,13H2. The summed E-state index contributed by atoms with van der Waals surface area (Å²) in [6, 6.07) is 4.75. The van der Waals surface area contributed by atoms with Gasteiger partial charge >= 0.3 is 0 Å². The summed E-state index contributed by atoms with van der Waals surface area (Å²) >= 11 is 1.76. The van der Waals surface area contributed by atoms with Crippen LogP contribution in [0.3, 0.4) is 0 Å². The fourth-order valence-electron chi connectivity index (χ4n) is 2.12. The van der Waals surface area contributed by atoms with Crippen molar-refractivity contribution in [3.8, 4) is 0 Å². The first-order valence-electron chi connectivity index (χ1n) is 5.87. The van der Waals surface area contributed by atoms with Gasteiger partial charge in [0, 0.05) is 22.3 Å². The van der Waals surface area contributed by atoms with E-state index in [1.165, 1.54) is 44.2 Å². The van der Waals surface area contributed by atoms with E-state index in [9.17, 15) is 10.1 Å². The summed E-state index contributed by atoms with van der Waals surface area (Å²) in [4.78, 5) is 11.2. The molecule has 1 aromatic rings. The molecule has 0 aromatic heterocycles. The Kier molecular flexibility index (Phi) is 3.89. The Hall–Kier alpha value is -1.23. The fourth-order valence-corrected chi connectivity index (χ4v) is 3.39. The molecular formula is C12H16N2O2S. The minimum absolute atomic E-state index is 0.0653. The van der Waals surface area contributed by atoms with Crippen LogP contribution >= 0.6 is 11.8 Å². The molecule has 92 valence electrons. The smallest absolute Gasteiger partial charge is 0.271 e. The summed E-state index contributed by atoms with van der Waals surface area (Å²) in [5.41, 5.74) is 6.44. The van der Waals surface area contributed by atoms with Crippen LogP contribution in [0.2, 0.25) is 0 Å². The summed E-state index contributed by atoms with van der Waals surface area (Å²) in [6.45, 7) is 0. The van der Waals surface area contributed by atoms with Crippen LogP contribution in [-0.4, -0.2) is 10.2 Å². The van der Waals surface area contributed by atoms with E-state index in [4.69, 9.17) is 5.73 Å². The molecule has 0 atom stereocenters. The minimum Gasteiger partial charge on any atom is -0.398 e. The lowest BCUT2D eigenvalue weighted by atomic mass is 10.0. The van der Waals surface area contributed by atoms with Crippen molar-refractivity contribution in [3.63, 3.8) is 0 Å². The van der Waals surface area contributed by atoms with E-state index in [0.29, 0.717) is 10.9 Å². The number of nitrogens with two attached hydrogens (primary N) is 1. The third-order valence-electron chi connectivity index (χ3n) is 3.05. The second-order valence-electron chi connectivity index (χ2n) is 4.36. The van der Waals surface area contributed by atoms with Crippen LogP contribution in [0, 0.1) is 10.1 Å². The summed E-state index contributed by atoms with van der Waals surface area (Å²) in [5, 5.41) is 11.2. The zero-order valence-corrected chi connectivity index (χ0v) is 10.4. The summed E-state index contributed by atoms with van der Waals surface area (Å²) in [7, 11) is 0. The molecule has 0 heterocycles. The Morgan fingerprint density at radius 2 is 2.00 bits per heavy atom. The van der Waals surface area contributed by atoms with Gasteiger partial charge in [-0.05, 0) is 18.9 Å². The van der Waals surface area contributed by atoms with Gasteiger partial charge in [-0.2, -0.15) is 0 Å². The van der Waals surface area contributed by atoms with Gasteiger partial charge in [0.1, 0.15) is 0 Å². The number of nitrogens with zero attached hydrogens (tertiary/aromatic N) is 1. The average molecular weight is 252 g/mol. The molecule has 17 heavy (non-hydrogen) atoms. The van der Waals surface area contributed by atoms with Gasteiger partial charge < -0.3 is 5.73 Å². The SMILES string of the molecule is Nc1cc([N+](=O)[O-])ccc1SC1CCCCC1. The van der Waals surface area contributed by atoms with Crippen molar-refractivity contribution in [2.45, 2.75) is 42.2 Å². The Morgan fingerprint density at radius 3 is 2.59 bits per heavy atom. The average Bonchev–Trinajstić information content (AvgIpc) is 2.33. The third-order valence-corrected chi connectivity index (χ3v) is 4.48. The van der Waals surface area contributed by atoms with Crippen LogP contribution < -0.4 is 5.73 Å². The number of non-ortho nitro benzene ring substituents is 1. The maximum atomic E-state index is 10.6. The third kappa shape index (κ3) is 3.12. The number of nitro groups is 1. The van der Waals surface area contributed by atoms with Crippen molar-refractivity contribution < 1.29 is 4.92 Å². The Labute approximate surface area is 105 Å². The molecule has 0 spiro atoms. The largest absolute Gasteiger partial charge is 0.398 e. The van der Waals surface area contributed by atoms with Crippen molar-refractivity contribution in [3.05, 3.63) is 28.3 Å². The Morgan fingerprint density at radius 1 is 1.29 bits per heavy atom. The molecule has 4 nitrogen and oxygen atoms in total. The lowest BCUT2D eigenvalue weighted by Crippen LogP contribution is -2.08. The van der Waals surface area contributed by atoms with Crippen LogP contribution in [0.1, 0.15) is 32.1 Å². The molecule has 1 saturated carbocycles. The number of hydrogen-bond acceptors (Lipinski definition) is 4. The molecule has 0 amide bonds. The molecule has 2 N–H and O–H groups in total. The van der Waals surface area contributed by atoms with Gasteiger partial charge in [0.15, 0.2) is 0 Å². The number of anilines is 1. The van der Waals surface area contributed by atoms with Gasteiger partial charge in [0.2, 0.25) is 0 Å². The number of hydrogen-bond donors (Lipinski definition) is 1. The Balaban J connectivity index is 2.08. The second kappa shape index (κ2) is 5.40. The van der Waals surface area contributed by atoms with E-state index in [-0.39, 0.29) is 5.69 Å². The van der Waals surface area contributed by atoms with Crippen LogP contribution in [-0.2, 0) is 0 Å². The molecule has 1 aliphatic carbocycles. The first-order chi connectivity index (χ1) is 8.16. The van der Waals surface area contributed by atoms with E-state index in [2.05, 4.69) is 0 Å². The lowest BCUT2D eigenvalue weighted by Gasteiger charge is -2.21. The zero-order chi connectivity index (χ0) is 12.3. The first-order valence-corrected chi connectivity index (χ1v) is 6.75. The molecule has 0 aliphatic heterocycles. The van der Waals surface area contributed by atoms with Gasteiger partial charge in [-0.3, -0.25) is 10.1 Å². The molecule has 1 aromatic carbocycles. The number of benzene rings is 1. The zero-order valence-electron chi connectivity index (χ0n) is 9.59. The summed E-state index contributed by atoms with van der Waals surface area (Å²) in [5.74, 6) is 0. The highest BCUT2D eigenvalue weighted by molar-refractivity contribution is 8.00. The highest BCUT2D eigenvalue weighted by Gasteiger charge is 2.17.